The first-order chi connectivity index (χ1) is 11.9. The molecule has 2 aromatic rings. The zero-order valence-corrected chi connectivity index (χ0v) is 16.3. The summed E-state index contributed by atoms with van der Waals surface area (Å²) in [5.41, 5.74) is 9.13. The Hall–Kier alpha value is -1.91. The summed E-state index contributed by atoms with van der Waals surface area (Å²) in [5, 5.41) is 3.68. The van der Waals surface area contributed by atoms with Gasteiger partial charge in [0.15, 0.2) is 0 Å². The van der Waals surface area contributed by atoms with Gasteiger partial charge in [-0.05, 0) is 48.8 Å². The molecule has 0 radical (unpaired) electrons. The fraction of sp³-hybridized carbons (Fsp3) is 0.429. The van der Waals surface area contributed by atoms with Gasteiger partial charge in [0, 0.05) is 18.2 Å². The topological polar surface area (TPSA) is 68.0 Å². The van der Waals surface area contributed by atoms with Crippen LogP contribution in [0.2, 0.25) is 0 Å². The van der Waals surface area contributed by atoms with Gasteiger partial charge >= 0.3 is 0 Å². The van der Waals surface area contributed by atoms with E-state index in [1.54, 1.807) is 6.07 Å². The Morgan fingerprint density at radius 2 is 1.81 bits per heavy atom. The zero-order chi connectivity index (χ0) is 17.9. The fourth-order valence-corrected chi connectivity index (χ4v) is 3.39. The predicted molar refractivity (Wildman–Crippen MR) is 108 cm³/mol. The first-order valence-electron chi connectivity index (χ1n) is 9.02. The number of hydrogen-bond acceptors (Lipinski definition) is 3. The van der Waals surface area contributed by atoms with Gasteiger partial charge in [-0.1, -0.05) is 44.2 Å². The number of carbonyl (C=O) groups is 1. The second-order valence-electron chi connectivity index (χ2n) is 7.79. The number of nitrogens with zero attached hydrogens (tertiary/aromatic N) is 1. The van der Waals surface area contributed by atoms with E-state index in [0.717, 1.165) is 17.8 Å². The van der Waals surface area contributed by atoms with E-state index < -0.39 is 5.91 Å². The van der Waals surface area contributed by atoms with Crippen LogP contribution in [0.3, 0.4) is 0 Å². The van der Waals surface area contributed by atoms with Crippen molar-refractivity contribution >= 4 is 18.3 Å². The third-order valence-electron chi connectivity index (χ3n) is 5.19. The lowest BCUT2D eigenvalue weighted by Gasteiger charge is -2.34. The van der Waals surface area contributed by atoms with Crippen molar-refractivity contribution in [2.45, 2.75) is 52.1 Å². The largest absolute Gasteiger partial charge is 0.364 e. The van der Waals surface area contributed by atoms with Crippen molar-refractivity contribution < 1.29 is 4.79 Å². The van der Waals surface area contributed by atoms with Gasteiger partial charge in [-0.25, -0.2) is 4.98 Å². The molecule has 0 spiro atoms. The molecule has 1 amide bonds. The predicted octanol–water partition coefficient (Wildman–Crippen LogP) is 4.33. The summed E-state index contributed by atoms with van der Waals surface area (Å²) in [6, 6.07) is 14.3. The molecule has 1 aromatic heterocycles. The molecule has 1 fully saturated rings. The van der Waals surface area contributed by atoms with Crippen molar-refractivity contribution in [1.29, 1.82) is 0 Å². The maximum absolute atomic E-state index is 11.3. The molecule has 1 aliphatic rings. The van der Waals surface area contributed by atoms with E-state index in [0.29, 0.717) is 17.2 Å². The van der Waals surface area contributed by atoms with Gasteiger partial charge in [-0.2, -0.15) is 0 Å². The van der Waals surface area contributed by atoms with Crippen LogP contribution in [0.1, 0.15) is 55.6 Å². The van der Waals surface area contributed by atoms with Crippen LogP contribution in [0, 0.1) is 5.41 Å². The quantitative estimate of drug-likeness (QED) is 0.819. The second-order valence-corrected chi connectivity index (χ2v) is 7.79. The highest BCUT2D eigenvalue weighted by molar-refractivity contribution is 5.91. The van der Waals surface area contributed by atoms with Crippen molar-refractivity contribution in [1.82, 2.24) is 10.3 Å². The molecule has 0 aliphatic heterocycles. The van der Waals surface area contributed by atoms with Crippen LogP contribution in [0.25, 0.3) is 11.3 Å². The molecule has 26 heavy (non-hydrogen) atoms. The van der Waals surface area contributed by atoms with Crippen LogP contribution in [0.15, 0.2) is 42.5 Å². The number of nitrogens with two attached hydrogens (primary N) is 1. The van der Waals surface area contributed by atoms with Gasteiger partial charge in [-0.15, -0.1) is 12.4 Å². The second kappa shape index (κ2) is 8.65. The molecule has 0 bridgehead atoms. The molecule has 0 unspecified atom stereocenters. The number of amides is 1. The molecule has 3 N–H and O–H groups in total. The molecule has 4 nitrogen and oxygen atoms in total. The number of primary amides is 1. The average Bonchev–Trinajstić information content (AvgIpc) is 2.61. The molecule has 140 valence electrons. The van der Waals surface area contributed by atoms with Gasteiger partial charge in [0.05, 0.1) is 5.69 Å². The van der Waals surface area contributed by atoms with Crippen molar-refractivity contribution in [2.75, 3.05) is 0 Å². The number of hydrogen-bond donors (Lipinski definition) is 2. The van der Waals surface area contributed by atoms with Crippen molar-refractivity contribution in [3.05, 3.63) is 53.7 Å². The van der Waals surface area contributed by atoms with Crippen LogP contribution in [0.4, 0.5) is 0 Å². The molecule has 0 atom stereocenters. The van der Waals surface area contributed by atoms with E-state index in [1.807, 2.05) is 24.3 Å². The number of halogens is 1. The molecule has 0 saturated heterocycles. The number of aromatic nitrogens is 1. The molecule has 5 heteroatoms. The van der Waals surface area contributed by atoms with Crippen molar-refractivity contribution in [2.24, 2.45) is 11.1 Å². The Balaban J connectivity index is 0.00000243. The number of carbonyl (C=O) groups excluding carboxylic acids is 1. The van der Waals surface area contributed by atoms with Gasteiger partial charge in [0.1, 0.15) is 5.69 Å². The molecule has 1 aromatic carbocycles. The Kier molecular flexibility index (Phi) is 6.79. The maximum Gasteiger partial charge on any atom is 0.267 e. The maximum atomic E-state index is 11.3. The highest BCUT2D eigenvalue weighted by Gasteiger charge is 2.26. The molecular weight excluding hydrogens is 346 g/mol. The van der Waals surface area contributed by atoms with E-state index in [9.17, 15) is 4.79 Å². The van der Waals surface area contributed by atoms with Crippen molar-refractivity contribution in [3.8, 4) is 11.3 Å². The summed E-state index contributed by atoms with van der Waals surface area (Å²) >= 11 is 0. The third kappa shape index (κ3) is 5.29. The first-order valence-corrected chi connectivity index (χ1v) is 9.02. The third-order valence-corrected chi connectivity index (χ3v) is 5.19. The lowest BCUT2D eigenvalue weighted by atomic mass is 9.75. The summed E-state index contributed by atoms with van der Waals surface area (Å²) in [7, 11) is 0. The summed E-state index contributed by atoms with van der Waals surface area (Å²) in [5.74, 6) is -0.502. The zero-order valence-electron chi connectivity index (χ0n) is 15.5. The highest BCUT2D eigenvalue weighted by Crippen LogP contribution is 2.35. The van der Waals surface area contributed by atoms with E-state index in [4.69, 9.17) is 5.73 Å². The SMILES string of the molecule is CC1(C)CCC(NCc2ccc(-c3cccc(C(N)=O)n3)cc2)CC1.Cl. The summed E-state index contributed by atoms with van der Waals surface area (Å²) in [6.07, 6.45) is 5.11. The molecule has 1 heterocycles. The van der Waals surface area contributed by atoms with Gasteiger partial charge in [-0.3, -0.25) is 4.79 Å². The fourth-order valence-electron chi connectivity index (χ4n) is 3.39. The molecule has 1 aliphatic carbocycles. The van der Waals surface area contributed by atoms with Crippen LogP contribution < -0.4 is 11.1 Å². The van der Waals surface area contributed by atoms with Gasteiger partial charge < -0.3 is 11.1 Å². The lowest BCUT2D eigenvalue weighted by molar-refractivity contribution is 0.0995. The Labute approximate surface area is 162 Å². The number of nitrogens with one attached hydrogen (secondary N) is 1. The van der Waals surface area contributed by atoms with Crippen LogP contribution in [-0.4, -0.2) is 16.9 Å². The Morgan fingerprint density at radius 3 is 2.42 bits per heavy atom. The molecular formula is C21H28ClN3O. The Bertz CT molecular complexity index is 733. The summed E-state index contributed by atoms with van der Waals surface area (Å²) in [6.45, 7) is 5.62. The first kappa shape index (κ1) is 20.4. The summed E-state index contributed by atoms with van der Waals surface area (Å²) in [4.78, 5) is 15.6. The van der Waals surface area contributed by atoms with E-state index in [2.05, 4.69) is 36.3 Å². The van der Waals surface area contributed by atoms with Crippen LogP contribution in [-0.2, 0) is 6.54 Å². The minimum atomic E-state index is -0.502. The highest BCUT2D eigenvalue weighted by atomic mass is 35.5. The normalized spacial score (nSPS) is 16.7. The Morgan fingerprint density at radius 1 is 1.15 bits per heavy atom. The minimum Gasteiger partial charge on any atom is -0.364 e. The van der Waals surface area contributed by atoms with E-state index in [1.165, 1.54) is 31.2 Å². The van der Waals surface area contributed by atoms with Crippen LogP contribution in [0.5, 0.6) is 0 Å². The smallest absolute Gasteiger partial charge is 0.267 e. The molecule has 1 saturated carbocycles. The minimum absolute atomic E-state index is 0. The monoisotopic (exact) mass is 373 g/mol. The lowest BCUT2D eigenvalue weighted by Crippen LogP contribution is -2.35. The molecule has 3 rings (SSSR count). The number of rotatable bonds is 5. The number of benzene rings is 1. The van der Waals surface area contributed by atoms with Gasteiger partial charge in [0.2, 0.25) is 0 Å². The summed E-state index contributed by atoms with van der Waals surface area (Å²) < 4.78 is 0. The van der Waals surface area contributed by atoms with E-state index >= 15 is 0 Å². The standard InChI is InChI=1S/C21H27N3O.ClH/c1-21(2)12-10-17(11-13-21)23-14-15-6-8-16(9-7-15)18-4-3-5-19(24-18)20(22)25;/h3-9,17,23H,10-14H2,1-2H3,(H2,22,25);1H. The van der Waals surface area contributed by atoms with Gasteiger partial charge in [0.25, 0.3) is 5.91 Å². The van der Waals surface area contributed by atoms with Crippen molar-refractivity contribution in [3.63, 3.8) is 0 Å². The number of pyridine rings is 1. The van der Waals surface area contributed by atoms with E-state index in [-0.39, 0.29) is 12.4 Å². The van der Waals surface area contributed by atoms with Crippen LogP contribution >= 0.6 is 12.4 Å². The average molecular weight is 374 g/mol.